The van der Waals surface area contributed by atoms with Gasteiger partial charge in [-0.1, -0.05) is 242 Å². The van der Waals surface area contributed by atoms with Crippen LogP contribution >= 0.6 is 0 Å². The molecule has 1 heterocycles. The van der Waals surface area contributed by atoms with Crippen molar-refractivity contribution in [1.29, 1.82) is 0 Å². The van der Waals surface area contributed by atoms with Crippen molar-refractivity contribution in [3.05, 3.63) is 60.8 Å². The fourth-order valence-electron chi connectivity index (χ4n) is 8.93. The van der Waals surface area contributed by atoms with Crippen LogP contribution in [0.25, 0.3) is 0 Å². The first kappa shape index (κ1) is 64.9. The number of allylic oxidation sites excluding steroid dienone is 9. The van der Waals surface area contributed by atoms with Crippen molar-refractivity contribution in [2.75, 3.05) is 13.2 Å². The van der Waals surface area contributed by atoms with Gasteiger partial charge in [-0.15, -0.1) is 0 Å². The highest BCUT2D eigenvalue weighted by atomic mass is 16.7. The molecular formula is C60H109NO8. The molecule has 7 atom stereocenters. The first-order chi connectivity index (χ1) is 33.8. The molecule has 9 heteroatoms. The molecule has 0 radical (unpaired) electrons. The molecule has 1 aliphatic heterocycles. The quantitative estimate of drug-likeness (QED) is 0.0261. The van der Waals surface area contributed by atoms with E-state index in [4.69, 9.17) is 9.47 Å². The van der Waals surface area contributed by atoms with Gasteiger partial charge in [-0.2, -0.15) is 0 Å². The second-order valence-corrected chi connectivity index (χ2v) is 20.1. The van der Waals surface area contributed by atoms with E-state index in [0.717, 1.165) is 77.0 Å². The average Bonchev–Trinajstić information content (AvgIpc) is 3.35. The summed E-state index contributed by atoms with van der Waals surface area (Å²) in [7, 11) is 0. The van der Waals surface area contributed by atoms with E-state index in [2.05, 4.69) is 67.8 Å². The standard InChI is InChI=1S/C60H109NO8/c1-3-5-7-9-11-13-15-17-18-19-20-21-22-23-24-25-26-27-28-29-30-31-32-33-34-35-36-38-39-41-43-45-47-49-54(63)53(52-68-60-59(67)58(66)57(65)55(51-62)69-60)61-56(64)50-48-46-44-42-40-37-16-14-12-10-8-6-4-2/h8,10,14,16,34-35,39,41,47,49,53-55,57-60,62-63,65-67H,3-7,9,11-13,15,17-33,36-38,40,42-46,48,50-52H2,1-2H3,(H,61,64)/b10-8-,16-14-,35-34+,41-39+,49-47+. The number of nitrogens with one attached hydrogen (secondary N) is 1. The third kappa shape index (κ3) is 39.1. The molecule has 7 unspecified atom stereocenters. The van der Waals surface area contributed by atoms with Gasteiger partial charge in [0.05, 0.1) is 25.4 Å². The van der Waals surface area contributed by atoms with E-state index in [1.807, 2.05) is 6.08 Å². The Morgan fingerprint density at radius 3 is 1.36 bits per heavy atom. The van der Waals surface area contributed by atoms with Gasteiger partial charge < -0.3 is 40.3 Å². The molecule has 9 nitrogen and oxygen atoms in total. The highest BCUT2D eigenvalue weighted by molar-refractivity contribution is 5.76. The Morgan fingerprint density at radius 1 is 0.493 bits per heavy atom. The minimum atomic E-state index is -1.58. The van der Waals surface area contributed by atoms with Gasteiger partial charge >= 0.3 is 0 Å². The van der Waals surface area contributed by atoms with Crippen molar-refractivity contribution in [2.45, 2.75) is 301 Å². The molecule has 6 N–H and O–H groups in total. The maximum absolute atomic E-state index is 13.0. The third-order valence-corrected chi connectivity index (χ3v) is 13.5. The van der Waals surface area contributed by atoms with Crippen LogP contribution in [-0.2, 0) is 14.3 Å². The Hall–Kier alpha value is -2.11. The summed E-state index contributed by atoms with van der Waals surface area (Å²) in [6.07, 6.45) is 60.3. The lowest BCUT2D eigenvalue weighted by molar-refractivity contribution is -0.302. The van der Waals surface area contributed by atoms with Gasteiger partial charge in [-0.3, -0.25) is 4.79 Å². The number of rotatable bonds is 49. The first-order valence-electron chi connectivity index (χ1n) is 29.0. The van der Waals surface area contributed by atoms with Gasteiger partial charge in [0.25, 0.3) is 0 Å². The summed E-state index contributed by atoms with van der Waals surface area (Å²) in [6, 6.07) is -0.838. The molecule has 1 aliphatic rings. The zero-order chi connectivity index (χ0) is 50.1. The number of ether oxygens (including phenoxy) is 2. The molecule has 1 rings (SSSR count). The fraction of sp³-hybridized carbons (Fsp3) is 0.817. The largest absolute Gasteiger partial charge is 0.394 e. The van der Waals surface area contributed by atoms with Gasteiger partial charge in [-0.05, 0) is 70.6 Å². The van der Waals surface area contributed by atoms with E-state index in [1.165, 1.54) is 161 Å². The molecule has 0 bridgehead atoms. The molecule has 0 aromatic carbocycles. The molecule has 1 amide bonds. The molecule has 0 aliphatic carbocycles. The Kier molecular flexibility index (Phi) is 46.5. The first-order valence-corrected chi connectivity index (χ1v) is 29.0. The van der Waals surface area contributed by atoms with Crippen LogP contribution in [-0.4, -0.2) is 87.5 Å². The lowest BCUT2D eigenvalue weighted by atomic mass is 9.99. The summed E-state index contributed by atoms with van der Waals surface area (Å²) in [5, 5.41) is 54.3. The van der Waals surface area contributed by atoms with E-state index in [1.54, 1.807) is 6.08 Å². The van der Waals surface area contributed by atoms with Crippen molar-refractivity contribution >= 4 is 5.91 Å². The molecule has 1 fully saturated rings. The van der Waals surface area contributed by atoms with Crippen molar-refractivity contribution in [3.63, 3.8) is 0 Å². The van der Waals surface area contributed by atoms with Gasteiger partial charge in [0.15, 0.2) is 6.29 Å². The van der Waals surface area contributed by atoms with Crippen molar-refractivity contribution in [2.24, 2.45) is 0 Å². The number of hydrogen-bond acceptors (Lipinski definition) is 8. The average molecular weight is 973 g/mol. The summed E-state index contributed by atoms with van der Waals surface area (Å²) < 4.78 is 11.2. The molecule has 1 saturated heterocycles. The summed E-state index contributed by atoms with van der Waals surface area (Å²) in [4.78, 5) is 13.0. The van der Waals surface area contributed by atoms with Crippen LogP contribution in [0.3, 0.4) is 0 Å². The number of amides is 1. The minimum absolute atomic E-state index is 0.206. The molecular weight excluding hydrogens is 863 g/mol. The van der Waals surface area contributed by atoms with Crippen molar-refractivity contribution in [3.8, 4) is 0 Å². The van der Waals surface area contributed by atoms with Crippen LogP contribution in [0.1, 0.15) is 258 Å². The van der Waals surface area contributed by atoms with Gasteiger partial charge in [0, 0.05) is 6.42 Å². The maximum Gasteiger partial charge on any atom is 0.220 e. The normalized spacial score (nSPS) is 19.9. The number of hydrogen-bond donors (Lipinski definition) is 6. The Balaban J connectivity index is 2.18. The van der Waals surface area contributed by atoms with E-state index in [9.17, 15) is 30.3 Å². The number of carbonyl (C=O) groups is 1. The predicted octanol–water partition coefficient (Wildman–Crippen LogP) is 14.3. The van der Waals surface area contributed by atoms with Crippen molar-refractivity contribution < 1.29 is 39.8 Å². The Labute approximate surface area is 424 Å². The topological polar surface area (TPSA) is 149 Å². The van der Waals surface area contributed by atoms with Crippen LogP contribution in [0.4, 0.5) is 0 Å². The fourth-order valence-corrected chi connectivity index (χ4v) is 8.93. The Morgan fingerprint density at radius 2 is 0.899 bits per heavy atom. The monoisotopic (exact) mass is 972 g/mol. The van der Waals surface area contributed by atoms with Gasteiger partial charge in [0.1, 0.15) is 24.4 Å². The number of aliphatic hydroxyl groups is 5. The zero-order valence-electron chi connectivity index (χ0n) is 44.6. The van der Waals surface area contributed by atoms with Gasteiger partial charge in [-0.25, -0.2) is 0 Å². The molecule has 0 aromatic heterocycles. The summed E-state index contributed by atoms with van der Waals surface area (Å²) >= 11 is 0. The van der Waals surface area contributed by atoms with E-state index < -0.39 is 49.5 Å². The highest BCUT2D eigenvalue weighted by Crippen LogP contribution is 2.23. The maximum atomic E-state index is 13.0. The summed E-state index contributed by atoms with van der Waals surface area (Å²) in [5.74, 6) is -0.206. The second kappa shape index (κ2) is 49.5. The van der Waals surface area contributed by atoms with E-state index >= 15 is 0 Å². The molecule has 0 aromatic rings. The zero-order valence-corrected chi connectivity index (χ0v) is 44.6. The number of unbranched alkanes of at least 4 members (excludes halogenated alkanes) is 31. The number of aliphatic hydroxyl groups excluding tert-OH is 5. The van der Waals surface area contributed by atoms with Crippen LogP contribution < -0.4 is 5.32 Å². The summed E-state index contributed by atoms with van der Waals surface area (Å²) in [6.45, 7) is 3.69. The number of carbonyl (C=O) groups excluding carboxylic acids is 1. The Bertz CT molecular complexity index is 1270. The highest BCUT2D eigenvalue weighted by Gasteiger charge is 2.44. The van der Waals surface area contributed by atoms with E-state index in [-0.39, 0.29) is 12.5 Å². The summed E-state index contributed by atoms with van der Waals surface area (Å²) in [5.41, 5.74) is 0. The molecule has 69 heavy (non-hydrogen) atoms. The van der Waals surface area contributed by atoms with Gasteiger partial charge in [0.2, 0.25) is 5.91 Å². The molecule has 0 saturated carbocycles. The van der Waals surface area contributed by atoms with Crippen LogP contribution in [0.15, 0.2) is 60.8 Å². The lowest BCUT2D eigenvalue weighted by Gasteiger charge is -2.40. The minimum Gasteiger partial charge on any atom is -0.394 e. The molecule has 0 spiro atoms. The predicted molar refractivity (Wildman–Crippen MR) is 290 cm³/mol. The second-order valence-electron chi connectivity index (χ2n) is 20.1. The van der Waals surface area contributed by atoms with E-state index in [0.29, 0.717) is 6.42 Å². The SMILES string of the molecule is CCC/C=C\C/C=C\CCCCCCCC(=O)NC(COC1OC(CO)C(O)C(O)C1O)C(O)/C=C/CC/C=C/CC/C=C/CCCCCCCCCCCCCCCCCCCCCCCCC. The lowest BCUT2D eigenvalue weighted by Crippen LogP contribution is -2.60. The van der Waals surface area contributed by atoms with Crippen LogP contribution in [0.5, 0.6) is 0 Å². The third-order valence-electron chi connectivity index (χ3n) is 13.5. The van der Waals surface area contributed by atoms with Crippen molar-refractivity contribution in [1.82, 2.24) is 5.32 Å². The van der Waals surface area contributed by atoms with Crippen LogP contribution in [0.2, 0.25) is 0 Å². The van der Waals surface area contributed by atoms with Crippen LogP contribution in [0, 0.1) is 0 Å². The molecule has 402 valence electrons. The smallest absolute Gasteiger partial charge is 0.220 e.